The summed E-state index contributed by atoms with van der Waals surface area (Å²) in [7, 11) is -3.14. The minimum Gasteiger partial charge on any atom is -0.475 e. The number of thiol groups is 1. The summed E-state index contributed by atoms with van der Waals surface area (Å²) < 4.78 is 56.7. The van der Waals surface area contributed by atoms with Gasteiger partial charge >= 0.3 is 12.1 Å². The van der Waals surface area contributed by atoms with Crippen LogP contribution in [0, 0.1) is 0 Å². The first-order chi connectivity index (χ1) is 11.9. The molecule has 6 nitrogen and oxygen atoms in total. The highest BCUT2D eigenvalue weighted by Crippen LogP contribution is 2.23. The quantitative estimate of drug-likeness (QED) is 0.639. The van der Waals surface area contributed by atoms with E-state index in [1.165, 1.54) is 11.8 Å². The van der Waals surface area contributed by atoms with E-state index < -0.39 is 22.2 Å². The highest BCUT2D eigenvalue weighted by molar-refractivity contribution is 7.88. The molecule has 1 heterocycles. The van der Waals surface area contributed by atoms with Crippen molar-refractivity contribution in [3.05, 3.63) is 35.9 Å². The Morgan fingerprint density at radius 3 is 2.35 bits per heavy atom. The molecule has 148 valence electrons. The number of alkyl halides is 3. The number of rotatable bonds is 5. The van der Waals surface area contributed by atoms with Crippen LogP contribution in [0.2, 0.25) is 0 Å². The zero-order valence-electron chi connectivity index (χ0n) is 14.0. The predicted molar refractivity (Wildman–Crippen MR) is 94.6 cm³/mol. The molecule has 1 aliphatic rings. The molecule has 1 aromatic carbocycles. The lowest BCUT2D eigenvalue weighted by Gasteiger charge is -2.22. The molecule has 2 rings (SSSR count). The monoisotopic (exact) mass is 414 g/mol. The molecule has 1 aromatic rings. The number of carboxylic acids is 1. The number of halogens is 3. The molecule has 2 N–H and O–H groups in total. The standard InChI is InChI=1S/C13H20N2O2S2.C2HF3O2/c1-19(16,17)15-10-13(18)7-12(15)9-14-8-11-5-3-2-4-6-11;3-2(4,5)1(6)7/h2-6,12-14,18H,7-10H2,1H3;(H,6,7)/t12-,13+;/m0./s1. The Labute approximate surface area is 155 Å². The van der Waals surface area contributed by atoms with Crippen LogP contribution in [0.3, 0.4) is 0 Å². The second-order valence-corrected chi connectivity index (χ2v) is 8.46. The number of nitrogens with one attached hydrogen (secondary N) is 1. The number of sulfonamides is 1. The fourth-order valence-electron chi connectivity index (χ4n) is 2.43. The Morgan fingerprint density at radius 1 is 1.35 bits per heavy atom. The van der Waals surface area contributed by atoms with E-state index >= 15 is 0 Å². The van der Waals surface area contributed by atoms with Gasteiger partial charge in [-0.15, -0.1) is 0 Å². The largest absolute Gasteiger partial charge is 0.490 e. The first-order valence-electron chi connectivity index (χ1n) is 7.61. The molecule has 0 spiro atoms. The molecular formula is C15H21F3N2O4S2. The highest BCUT2D eigenvalue weighted by Gasteiger charge is 2.38. The van der Waals surface area contributed by atoms with Crippen LogP contribution in [0.1, 0.15) is 12.0 Å². The van der Waals surface area contributed by atoms with Crippen LogP contribution in [0.4, 0.5) is 13.2 Å². The lowest BCUT2D eigenvalue weighted by molar-refractivity contribution is -0.192. The van der Waals surface area contributed by atoms with E-state index in [0.29, 0.717) is 13.1 Å². The van der Waals surface area contributed by atoms with E-state index in [9.17, 15) is 21.6 Å². The van der Waals surface area contributed by atoms with Crippen LogP contribution in [0.25, 0.3) is 0 Å². The molecule has 1 saturated heterocycles. The summed E-state index contributed by atoms with van der Waals surface area (Å²) in [6, 6.07) is 10.1. The number of benzene rings is 1. The minimum atomic E-state index is -5.08. The molecule has 26 heavy (non-hydrogen) atoms. The lowest BCUT2D eigenvalue weighted by Crippen LogP contribution is -2.40. The van der Waals surface area contributed by atoms with Gasteiger partial charge in [0, 0.05) is 30.9 Å². The second-order valence-electron chi connectivity index (χ2n) is 5.80. The Kier molecular flexibility index (Phi) is 8.38. The predicted octanol–water partition coefficient (Wildman–Crippen LogP) is 1.74. The summed E-state index contributed by atoms with van der Waals surface area (Å²) in [5, 5.41) is 10.6. The SMILES string of the molecule is CS(=O)(=O)N1C[C@H](S)C[C@H]1CNCc1ccccc1.O=C(O)C(F)(F)F. The van der Waals surface area contributed by atoms with Crippen LogP contribution in [-0.4, -0.2) is 60.6 Å². The summed E-state index contributed by atoms with van der Waals surface area (Å²) in [6.45, 7) is 1.94. The van der Waals surface area contributed by atoms with Gasteiger partial charge < -0.3 is 10.4 Å². The van der Waals surface area contributed by atoms with Crippen LogP contribution in [-0.2, 0) is 21.4 Å². The molecule has 0 unspecified atom stereocenters. The molecule has 0 aliphatic carbocycles. The Morgan fingerprint density at radius 2 is 1.88 bits per heavy atom. The maximum atomic E-state index is 11.7. The smallest absolute Gasteiger partial charge is 0.475 e. The maximum Gasteiger partial charge on any atom is 0.490 e. The number of carbonyl (C=O) groups is 1. The average molecular weight is 414 g/mol. The molecule has 2 atom stereocenters. The van der Waals surface area contributed by atoms with Gasteiger partial charge in [0.2, 0.25) is 10.0 Å². The zero-order valence-corrected chi connectivity index (χ0v) is 15.7. The fraction of sp³-hybridized carbons (Fsp3) is 0.533. The van der Waals surface area contributed by atoms with Gasteiger partial charge in [0.25, 0.3) is 0 Å². The van der Waals surface area contributed by atoms with Gasteiger partial charge in [0.15, 0.2) is 0 Å². The van der Waals surface area contributed by atoms with Crippen molar-refractivity contribution in [1.29, 1.82) is 0 Å². The Balaban J connectivity index is 0.000000412. The summed E-state index contributed by atoms with van der Waals surface area (Å²) in [5.41, 5.74) is 1.20. The van der Waals surface area contributed by atoms with Gasteiger partial charge in [0.1, 0.15) is 0 Å². The van der Waals surface area contributed by atoms with E-state index in [4.69, 9.17) is 9.90 Å². The molecule has 0 amide bonds. The van der Waals surface area contributed by atoms with Gasteiger partial charge in [-0.05, 0) is 12.0 Å². The molecule has 0 aromatic heterocycles. The fourth-order valence-corrected chi connectivity index (χ4v) is 4.12. The van der Waals surface area contributed by atoms with E-state index in [2.05, 4.69) is 30.1 Å². The van der Waals surface area contributed by atoms with Crippen molar-refractivity contribution in [2.75, 3.05) is 19.3 Å². The highest BCUT2D eigenvalue weighted by atomic mass is 32.2. The number of aliphatic carboxylic acids is 1. The molecule has 1 aliphatic heterocycles. The van der Waals surface area contributed by atoms with Crippen molar-refractivity contribution in [1.82, 2.24) is 9.62 Å². The third kappa shape index (κ3) is 7.94. The van der Waals surface area contributed by atoms with Crippen molar-refractivity contribution < 1.29 is 31.5 Å². The van der Waals surface area contributed by atoms with Gasteiger partial charge in [-0.3, -0.25) is 0 Å². The first-order valence-corrected chi connectivity index (χ1v) is 9.97. The van der Waals surface area contributed by atoms with E-state index in [1.807, 2.05) is 18.2 Å². The Bertz CT molecular complexity index is 684. The summed E-state index contributed by atoms with van der Waals surface area (Å²) in [6.07, 6.45) is -3.01. The van der Waals surface area contributed by atoms with Crippen molar-refractivity contribution in [2.24, 2.45) is 0 Å². The normalized spacial score (nSPS) is 21.1. The number of hydrogen-bond donors (Lipinski definition) is 3. The van der Waals surface area contributed by atoms with Crippen molar-refractivity contribution in [2.45, 2.75) is 30.4 Å². The number of carboxylic acid groups (broad SMARTS) is 1. The minimum absolute atomic E-state index is 0.0150. The van der Waals surface area contributed by atoms with Crippen molar-refractivity contribution >= 4 is 28.6 Å². The van der Waals surface area contributed by atoms with E-state index in [1.54, 1.807) is 4.31 Å². The second kappa shape index (κ2) is 9.58. The van der Waals surface area contributed by atoms with E-state index in [-0.39, 0.29) is 11.3 Å². The average Bonchev–Trinajstić information content (AvgIpc) is 2.89. The topological polar surface area (TPSA) is 86.7 Å². The molecule has 0 bridgehead atoms. The molecule has 1 fully saturated rings. The number of hydrogen-bond acceptors (Lipinski definition) is 5. The van der Waals surface area contributed by atoms with Gasteiger partial charge in [-0.25, -0.2) is 13.2 Å². The third-order valence-corrected chi connectivity index (χ3v) is 5.24. The van der Waals surface area contributed by atoms with Gasteiger partial charge in [-0.1, -0.05) is 30.3 Å². The molecule has 0 saturated carbocycles. The first kappa shape index (κ1) is 22.7. The number of nitrogens with zero attached hydrogens (tertiary/aromatic N) is 1. The third-order valence-electron chi connectivity index (χ3n) is 3.56. The van der Waals surface area contributed by atoms with Gasteiger partial charge in [-0.2, -0.15) is 30.1 Å². The van der Waals surface area contributed by atoms with Crippen molar-refractivity contribution in [3.8, 4) is 0 Å². The molecular weight excluding hydrogens is 393 g/mol. The molecule has 11 heteroatoms. The van der Waals surface area contributed by atoms with Crippen LogP contribution >= 0.6 is 12.6 Å². The molecule has 0 radical (unpaired) electrons. The van der Waals surface area contributed by atoms with Crippen LogP contribution in [0.5, 0.6) is 0 Å². The lowest BCUT2D eigenvalue weighted by atomic mass is 10.2. The summed E-state index contributed by atoms with van der Waals surface area (Å²) in [4.78, 5) is 8.90. The summed E-state index contributed by atoms with van der Waals surface area (Å²) >= 11 is 4.40. The van der Waals surface area contributed by atoms with E-state index in [0.717, 1.165) is 13.0 Å². The van der Waals surface area contributed by atoms with Crippen LogP contribution in [0.15, 0.2) is 30.3 Å². The maximum absolute atomic E-state index is 11.7. The summed E-state index contributed by atoms with van der Waals surface area (Å²) in [5.74, 6) is -2.76. The Hall–Kier alpha value is -1.30. The zero-order chi connectivity index (χ0) is 20.0. The van der Waals surface area contributed by atoms with Gasteiger partial charge in [0.05, 0.1) is 6.26 Å². The van der Waals surface area contributed by atoms with Crippen molar-refractivity contribution in [3.63, 3.8) is 0 Å². The van der Waals surface area contributed by atoms with Crippen LogP contribution < -0.4 is 5.32 Å².